The van der Waals surface area contributed by atoms with E-state index >= 15 is 0 Å². The van der Waals surface area contributed by atoms with E-state index in [1.807, 2.05) is 0 Å². The highest BCUT2D eigenvalue weighted by molar-refractivity contribution is 5.95. The highest BCUT2D eigenvalue weighted by Crippen LogP contribution is 2.28. The fourth-order valence-electron chi connectivity index (χ4n) is 2.56. The number of hydrogen-bond donors (Lipinski definition) is 2. The molecule has 25 heavy (non-hydrogen) atoms. The molecule has 3 rings (SSSR count). The van der Waals surface area contributed by atoms with Gasteiger partial charge >= 0.3 is 0 Å². The summed E-state index contributed by atoms with van der Waals surface area (Å²) in [6.45, 7) is 2.35. The Morgan fingerprint density at radius 2 is 2.08 bits per heavy atom. The van der Waals surface area contributed by atoms with Gasteiger partial charge in [-0.3, -0.25) is 4.79 Å². The van der Waals surface area contributed by atoms with Crippen LogP contribution in [0.1, 0.15) is 10.4 Å². The molecule has 8 heteroatoms. The lowest BCUT2D eigenvalue weighted by Crippen LogP contribution is -2.40. The number of hydrogen-bond acceptors (Lipinski definition) is 7. The van der Waals surface area contributed by atoms with Crippen LogP contribution in [-0.2, 0) is 4.74 Å². The van der Waals surface area contributed by atoms with E-state index in [9.17, 15) is 4.79 Å². The van der Waals surface area contributed by atoms with Gasteiger partial charge in [0.1, 0.15) is 11.6 Å². The molecule has 1 aromatic heterocycles. The van der Waals surface area contributed by atoms with Crippen molar-refractivity contribution in [1.29, 1.82) is 0 Å². The molecule has 1 fully saturated rings. The molecule has 1 aromatic carbocycles. The van der Waals surface area contributed by atoms with Gasteiger partial charge in [-0.25, -0.2) is 4.98 Å². The fourth-order valence-corrected chi connectivity index (χ4v) is 2.56. The average molecular weight is 343 g/mol. The number of rotatable bonds is 5. The summed E-state index contributed by atoms with van der Waals surface area (Å²) >= 11 is 0. The number of carbonyl (C=O) groups is 1. The van der Waals surface area contributed by atoms with Crippen LogP contribution in [0.3, 0.4) is 0 Å². The van der Waals surface area contributed by atoms with Crippen molar-refractivity contribution in [2.24, 2.45) is 0 Å². The maximum absolute atomic E-state index is 12.6. The molecule has 132 valence electrons. The molecular weight excluding hydrogens is 322 g/mol. The van der Waals surface area contributed by atoms with Crippen LogP contribution < -0.4 is 15.4 Å². The Hall–Kier alpha value is -2.87. The van der Waals surface area contributed by atoms with Crippen LogP contribution in [-0.4, -0.2) is 61.2 Å². The quantitative estimate of drug-likeness (QED) is 0.855. The predicted molar refractivity (Wildman–Crippen MR) is 94.6 cm³/mol. The summed E-state index contributed by atoms with van der Waals surface area (Å²) in [5, 5.41) is 6.07. The zero-order valence-electron chi connectivity index (χ0n) is 14.3. The van der Waals surface area contributed by atoms with Crippen molar-refractivity contribution in [2.45, 2.75) is 0 Å². The molecule has 0 unspecified atom stereocenters. The molecule has 0 aliphatic carbocycles. The molecule has 1 amide bonds. The van der Waals surface area contributed by atoms with Gasteiger partial charge in [-0.15, -0.1) is 0 Å². The lowest BCUT2D eigenvalue weighted by Gasteiger charge is -2.27. The monoisotopic (exact) mass is 343 g/mol. The minimum Gasteiger partial charge on any atom is -0.495 e. The molecule has 0 spiro atoms. The number of nitrogens with zero attached hydrogens (tertiary/aromatic N) is 3. The third-order valence-corrected chi connectivity index (χ3v) is 3.90. The Kier molecular flexibility index (Phi) is 5.30. The van der Waals surface area contributed by atoms with E-state index in [0.717, 1.165) is 0 Å². The summed E-state index contributed by atoms with van der Waals surface area (Å²) < 4.78 is 10.7. The standard InChI is InChI=1S/C17H21N5O3/c1-18-15-5-6-19-17(21-15)20-13-4-3-12(11-14(13)24-2)16(23)22-7-9-25-10-8-22/h3-6,11H,7-10H2,1-2H3,(H2,18,19,20,21). The van der Waals surface area contributed by atoms with Gasteiger partial charge in [0.2, 0.25) is 5.95 Å². The first-order valence-electron chi connectivity index (χ1n) is 8.04. The minimum absolute atomic E-state index is 0.0263. The van der Waals surface area contributed by atoms with Crippen molar-refractivity contribution < 1.29 is 14.3 Å². The van der Waals surface area contributed by atoms with Crippen molar-refractivity contribution in [2.75, 3.05) is 51.1 Å². The second-order valence-electron chi connectivity index (χ2n) is 5.46. The molecule has 2 aromatic rings. The van der Waals surface area contributed by atoms with E-state index in [1.165, 1.54) is 0 Å². The smallest absolute Gasteiger partial charge is 0.254 e. The van der Waals surface area contributed by atoms with Gasteiger partial charge < -0.3 is 25.0 Å². The molecule has 8 nitrogen and oxygen atoms in total. The summed E-state index contributed by atoms with van der Waals surface area (Å²) in [5.41, 5.74) is 1.27. The van der Waals surface area contributed by atoms with Crippen LogP contribution in [0, 0.1) is 0 Å². The summed E-state index contributed by atoms with van der Waals surface area (Å²) in [6, 6.07) is 7.06. The van der Waals surface area contributed by atoms with Gasteiger partial charge in [0, 0.05) is 31.9 Å². The Morgan fingerprint density at radius 1 is 1.28 bits per heavy atom. The SMILES string of the molecule is CNc1ccnc(Nc2ccc(C(=O)N3CCOCC3)cc2OC)n1. The van der Waals surface area contributed by atoms with Crippen molar-refractivity contribution in [1.82, 2.24) is 14.9 Å². The van der Waals surface area contributed by atoms with Crippen LogP contribution in [0.2, 0.25) is 0 Å². The first kappa shape index (κ1) is 17.0. The van der Waals surface area contributed by atoms with Crippen molar-refractivity contribution in [3.05, 3.63) is 36.0 Å². The van der Waals surface area contributed by atoms with E-state index in [0.29, 0.717) is 55.1 Å². The second-order valence-corrected chi connectivity index (χ2v) is 5.46. The van der Waals surface area contributed by atoms with E-state index in [4.69, 9.17) is 9.47 Å². The van der Waals surface area contributed by atoms with E-state index < -0.39 is 0 Å². The summed E-state index contributed by atoms with van der Waals surface area (Å²) in [5.74, 6) is 1.67. The number of carbonyl (C=O) groups excluding carboxylic acids is 1. The number of aromatic nitrogens is 2. The topological polar surface area (TPSA) is 88.6 Å². The third kappa shape index (κ3) is 3.97. The van der Waals surface area contributed by atoms with Gasteiger partial charge in [-0.05, 0) is 24.3 Å². The number of nitrogens with one attached hydrogen (secondary N) is 2. The van der Waals surface area contributed by atoms with E-state index in [1.54, 1.807) is 49.5 Å². The maximum Gasteiger partial charge on any atom is 0.254 e. The highest BCUT2D eigenvalue weighted by Gasteiger charge is 2.20. The lowest BCUT2D eigenvalue weighted by atomic mass is 10.1. The normalized spacial score (nSPS) is 14.1. The number of ether oxygens (including phenoxy) is 2. The van der Waals surface area contributed by atoms with Crippen LogP contribution in [0.15, 0.2) is 30.5 Å². The Morgan fingerprint density at radius 3 is 2.80 bits per heavy atom. The van der Waals surface area contributed by atoms with Gasteiger partial charge in [0.25, 0.3) is 5.91 Å². The first-order chi connectivity index (χ1) is 12.2. The molecule has 0 radical (unpaired) electrons. The number of anilines is 3. The van der Waals surface area contributed by atoms with E-state index in [2.05, 4.69) is 20.6 Å². The third-order valence-electron chi connectivity index (χ3n) is 3.90. The van der Waals surface area contributed by atoms with Crippen molar-refractivity contribution in [3.63, 3.8) is 0 Å². The Balaban J connectivity index is 1.80. The van der Waals surface area contributed by atoms with Gasteiger partial charge in [0.15, 0.2) is 0 Å². The minimum atomic E-state index is -0.0263. The molecule has 0 atom stereocenters. The van der Waals surface area contributed by atoms with Gasteiger partial charge in [0.05, 0.1) is 26.0 Å². The predicted octanol–water partition coefficient (Wildman–Crippen LogP) is 1.74. The van der Waals surface area contributed by atoms with Gasteiger partial charge in [-0.1, -0.05) is 0 Å². The van der Waals surface area contributed by atoms with Gasteiger partial charge in [-0.2, -0.15) is 4.98 Å². The Labute approximate surface area is 146 Å². The summed E-state index contributed by atoms with van der Waals surface area (Å²) in [4.78, 5) is 22.9. The molecular formula is C17H21N5O3. The molecule has 0 bridgehead atoms. The summed E-state index contributed by atoms with van der Waals surface area (Å²) in [7, 11) is 3.35. The number of benzene rings is 1. The van der Waals surface area contributed by atoms with Crippen LogP contribution in [0.4, 0.5) is 17.5 Å². The number of morpholine rings is 1. The second kappa shape index (κ2) is 7.80. The lowest BCUT2D eigenvalue weighted by molar-refractivity contribution is 0.0302. The highest BCUT2D eigenvalue weighted by atomic mass is 16.5. The maximum atomic E-state index is 12.6. The number of methoxy groups -OCH3 is 1. The molecule has 2 heterocycles. The number of amides is 1. The zero-order chi connectivity index (χ0) is 17.6. The van der Waals surface area contributed by atoms with E-state index in [-0.39, 0.29) is 5.91 Å². The molecule has 1 aliphatic rings. The Bertz CT molecular complexity index is 747. The summed E-state index contributed by atoms with van der Waals surface area (Å²) in [6.07, 6.45) is 1.66. The zero-order valence-corrected chi connectivity index (χ0v) is 14.3. The van der Waals surface area contributed by atoms with Crippen molar-refractivity contribution in [3.8, 4) is 5.75 Å². The van der Waals surface area contributed by atoms with Crippen LogP contribution in [0.5, 0.6) is 5.75 Å². The molecule has 1 aliphatic heterocycles. The molecule has 1 saturated heterocycles. The molecule has 2 N–H and O–H groups in total. The first-order valence-corrected chi connectivity index (χ1v) is 8.04. The van der Waals surface area contributed by atoms with Crippen molar-refractivity contribution >= 4 is 23.4 Å². The molecule has 0 saturated carbocycles. The largest absolute Gasteiger partial charge is 0.495 e. The fraction of sp³-hybridized carbons (Fsp3) is 0.353. The average Bonchev–Trinajstić information content (AvgIpc) is 2.68. The van der Waals surface area contributed by atoms with Crippen LogP contribution in [0.25, 0.3) is 0 Å². The van der Waals surface area contributed by atoms with Crippen LogP contribution >= 0.6 is 0 Å².